The largest absolute Gasteiger partial charge is 0.495 e. The lowest BCUT2D eigenvalue weighted by atomic mass is 10.1. The predicted octanol–water partition coefficient (Wildman–Crippen LogP) is 5.44. The lowest BCUT2D eigenvalue weighted by Crippen LogP contribution is -2.26. The summed E-state index contributed by atoms with van der Waals surface area (Å²) in [7, 11) is -0.381. The summed E-state index contributed by atoms with van der Waals surface area (Å²) in [6.07, 6.45) is 9.73. The van der Waals surface area contributed by atoms with Gasteiger partial charge in [-0.3, -0.25) is 14.1 Å². The van der Waals surface area contributed by atoms with E-state index in [1.54, 1.807) is 46.6 Å². The van der Waals surface area contributed by atoms with Crippen LogP contribution < -0.4 is 20.3 Å². The summed E-state index contributed by atoms with van der Waals surface area (Å²) >= 11 is 0. The van der Waals surface area contributed by atoms with Crippen LogP contribution in [-0.2, 0) is 10.0 Å². The molecule has 0 radical (unpaired) electrons. The number of pyridine rings is 1. The SMILES string of the molecule is C=C/C(=C\C=C/C)n1c(C(C)n2nc(-c3ccc(OC)c(NS(C)(=O)=O)c3)c3c(NC)ncnc32)cc2ccccc2c1=O. The van der Waals surface area contributed by atoms with Gasteiger partial charge in [0, 0.05) is 23.7 Å². The molecule has 0 aliphatic rings. The number of hydrogen-bond acceptors (Lipinski definition) is 8. The Morgan fingerprint density at radius 2 is 1.91 bits per heavy atom. The number of anilines is 2. The van der Waals surface area contributed by atoms with Crippen molar-refractivity contribution in [2.24, 2.45) is 0 Å². The molecule has 0 aliphatic carbocycles. The molecule has 0 bridgehead atoms. The number of aromatic nitrogens is 5. The molecule has 0 saturated carbocycles. The molecule has 11 nitrogen and oxygen atoms in total. The van der Waals surface area contributed by atoms with Gasteiger partial charge in [-0.2, -0.15) is 5.10 Å². The van der Waals surface area contributed by atoms with Crippen molar-refractivity contribution in [2.75, 3.05) is 30.5 Å². The van der Waals surface area contributed by atoms with E-state index < -0.39 is 16.1 Å². The topological polar surface area (TPSA) is 133 Å². The van der Waals surface area contributed by atoms with E-state index in [-0.39, 0.29) is 11.2 Å². The fourth-order valence-electron chi connectivity index (χ4n) is 5.18. The predicted molar refractivity (Wildman–Crippen MR) is 177 cm³/mol. The molecular formula is C32H33N7O4S. The van der Waals surface area contributed by atoms with Gasteiger partial charge in [0.1, 0.15) is 23.6 Å². The Hall–Kier alpha value is -5.23. The number of ether oxygens (including phenoxy) is 1. The minimum atomic E-state index is -3.60. The van der Waals surface area contributed by atoms with Crippen LogP contribution in [0.1, 0.15) is 25.6 Å². The lowest BCUT2D eigenvalue weighted by molar-refractivity contribution is 0.417. The summed E-state index contributed by atoms with van der Waals surface area (Å²) in [4.78, 5) is 23.0. The molecule has 5 aromatic rings. The third kappa shape index (κ3) is 5.59. The fraction of sp³-hybridized carbons (Fsp3) is 0.188. The van der Waals surface area contributed by atoms with Gasteiger partial charge in [-0.25, -0.2) is 23.1 Å². The first-order valence-electron chi connectivity index (χ1n) is 13.8. The third-order valence-corrected chi connectivity index (χ3v) is 7.76. The van der Waals surface area contributed by atoms with Crippen molar-refractivity contribution in [2.45, 2.75) is 19.9 Å². The normalized spacial score (nSPS) is 13.0. The highest BCUT2D eigenvalue weighted by atomic mass is 32.2. The van der Waals surface area contributed by atoms with Crippen molar-refractivity contribution in [3.05, 3.63) is 102 Å². The molecule has 0 aliphatic heterocycles. The van der Waals surface area contributed by atoms with Crippen molar-refractivity contribution in [3.8, 4) is 17.0 Å². The van der Waals surface area contributed by atoms with E-state index in [0.29, 0.717) is 50.6 Å². The molecule has 3 heterocycles. The van der Waals surface area contributed by atoms with Crippen LogP contribution in [0.15, 0.2) is 90.5 Å². The number of methoxy groups -OCH3 is 1. The van der Waals surface area contributed by atoms with Gasteiger partial charge in [0.2, 0.25) is 10.0 Å². The van der Waals surface area contributed by atoms with E-state index in [2.05, 4.69) is 26.6 Å². The molecule has 1 unspecified atom stereocenters. The summed E-state index contributed by atoms with van der Waals surface area (Å²) in [5.74, 6) is 0.888. The van der Waals surface area contributed by atoms with E-state index in [1.807, 2.05) is 56.3 Å². The Kier molecular flexibility index (Phi) is 8.36. The van der Waals surface area contributed by atoms with E-state index in [4.69, 9.17) is 9.84 Å². The first-order valence-corrected chi connectivity index (χ1v) is 15.7. The van der Waals surface area contributed by atoms with Crippen LogP contribution in [0.4, 0.5) is 11.5 Å². The Balaban J connectivity index is 1.81. The zero-order chi connectivity index (χ0) is 31.6. The molecule has 0 saturated heterocycles. The van der Waals surface area contributed by atoms with Crippen LogP contribution in [0.25, 0.3) is 38.8 Å². The van der Waals surface area contributed by atoms with Gasteiger partial charge in [0.15, 0.2) is 5.65 Å². The van der Waals surface area contributed by atoms with Crippen LogP contribution in [0.5, 0.6) is 5.75 Å². The van der Waals surface area contributed by atoms with E-state index >= 15 is 0 Å². The summed E-state index contributed by atoms with van der Waals surface area (Å²) in [5.41, 5.74) is 2.99. The van der Waals surface area contributed by atoms with Crippen LogP contribution in [0.3, 0.4) is 0 Å². The number of hydrogen-bond donors (Lipinski definition) is 2. The average Bonchev–Trinajstić information content (AvgIpc) is 3.41. The quantitative estimate of drug-likeness (QED) is 0.200. The molecular weight excluding hydrogens is 578 g/mol. The van der Waals surface area contributed by atoms with E-state index in [9.17, 15) is 13.2 Å². The lowest BCUT2D eigenvalue weighted by Gasteiger charge is -2.21. The second-order valence-electron chi connectivity index (χ2n) is 10.0. The first-order chi connectivity index (χ1) is 21.1. The summed E-state index contributed by atoms with van der Waals surface area (Å²) in [6.45, 7) is 7.82. The van der Waals surface area contributed by atoms with Crippen molar-refractivity contribution in [3.63, 3.8) is 0 Å². The number of rotatable bonds is 10. The van der Waals surface area contributed by atoms with Gasteiger partial charge in [0.05, 0.1) is 36.2 Å². The molecule has 226 valence electrons. The van der Waals surface area contributed by atoms with Gasteiger partial charge in [-0.05, 0) is 61.7 Å². The van der Waals surface area contributed by atoms with Crippen LogP contribution in [0.2, 0.25) is 0 Å². The second kappa shape index (κ2) is 12.2. The Labute approximate surface area is 255 Å². The number of nitrogens with zero attached hydrogens (tertiary/aromatic N) is 5. The molecule has 0 fully saturated rings. The molecule has 12 heteroatoms. The Morgan fingerprint density at radius 3 is 2.59 bits per heavy atom. The maximum atomic E-state index is 14.0. The van der Waals surface area contributed by atoms with Gasteiger partial charge < -0.3 is 10.1 Å². The highest BCUT2D eigenvalue weighted by molar-refractivity contribution is 7.92. The van der Waals surface area contributed by atoms with Gasteiger partial charge >= 0.3 is 0 Å². The minimum absolute atomic E-state index is 0.186. The van der Waals surface area contributed by atoms with Crippen molar-refractivity contribution < 1.29 is 13.2 Å². The van der Waals surface area contributed by atoms with E-state index in [0.717, 1.165) is 11.6 Å². The maximum absolute atomic E-state index is 14.0. The number of nitrogens with one attached hydrogen (secondary N) is 2. The Morgan fingerprint density at radius 1 is 1.14 bits per heavy atom. The van der Waals surface area contributed by atoms with Gasteiger partial charge in [-0.15, -0.1) is 0 Å². The van der Waals surface area contributed by atoms with Crippen molar-refractivity contribution in [1.29, 1.82) is 0 Å². The smallest absolute Gasteiger partial charge is 0.263 e. The molecule has 44 heavy (non-hydrogen) atoms. The number of benzene rings is 2. The van der Waals surface area contributed by atoms with Crippen LogP contribution >= 0.6 is 0 Å². The molecule has 5 rings (SSSR count). The van der Waals surface area contributed by atoms with Crippen molar-refractivity contribution >= 4 is 49.0 Å². The summed E-state index contributed by atoms with van der Waals surface area (Å²) < 4.78 is 35.5. The minimum Gasteiger partial charge on any atom is -0.495 e. The molecule has 1 atom stereocenters. The van der Waals surface area contributed by atoms with Crippen LogP contribution in [-0.4, -0.2) is 53.1 Å². The second-order valence-corrected chi connectivity index (χ2v) is 11.8. The fourth-order valence-corrected chi connectivity index (χ4v) is 5.74. The number of fused-ring (bicyclic) bond motifs is 2. The van der Waals surface area contributed by atoms with E-state index in [1.165, 1.54) is 13.4 Å². The van der Waals surface area contributed by atoms with Gasteiger partial charge in [-0.1, -0.05) is 36.9 Å². The molecule has 2 N–H and O–H groups in total. The third-order valence-electron chi connectivity index (χ3n) is 7.17. The summed E-state index contributed by atoms with van der Waals surface area (Å²) in [5, 5.41) is 10.1. The first kappa shape index (κ1) is 30.2. The number of sulfonamides is 1. The average molecular weight is 612 g/mol. The highest BCUT2D eigenvalue weighted by Gasteiger charge is 2.25. The molecule has 2 aromatic carbocycles. The zero-order valence-corrected chi connectivity index (χ0v) is 25.9. The molecule has 3 aromatic heterocycles. The van der Waals surface area contributed by atoms with Gasteiger partial charge in [0.25, 0.3) is 5.56 Å². The Bertz CT molecular complexity index is 2130. The molecule has 0 amide bonds. The highest BCUT2D eigenvalue weighted by Crippen LogP contribution is 2.37. The van der Waals surface area contributed by atoms with Crippen molar-refractivity contribution in [1.82, 2.24) is 24.3 Å². The maximum Gasteiger partial charge on any atom is 0.263 e. The number of allylic oxidation sites excluding steroid dienone is 5. The molecule has 0 spiro atoms. The standard InChI is InChI=1S/C32H33N7O4S/c1-7-9-13-23(8-2)38-26(18-21-12-10-11-14-24(21)32(38)40)20(3)39-31-28(30(33-4)34-19-35-31)29(36-39)22-15-16-27(43-5)25(17-22)37-44(6,41)42/h7-20,37H,2H2,1,3-6H3,(H,33,34,35)/b9-7-,23-13+. The summed E-state index contributed by atoms with van der Waals surface area (Å²) in [6, 6.07) is 14.0. The monoisotopic (exact) mass is 611 g/mol. The van der Waals surface area contributed by atoms with Crippen LogP contribution in [0, 0.1) is 0 Å². The zero-order valence-electron chi connectivity index (χ0n) is 25.1.